The maximum Gasteiger partial charge on any atom is 0.293 e. The van der Waals surface area contributed by atoms with Gasteiger partial charge in [-0.1, -0.05) is 11.6 Å². The molecule has 0 amide bonds. The van der Waals surface area contributed by atoms with Crippen LogP contribution in [0, 0.1) is 10.1 Å². The molecule has 0 spiro atoms. The number of nitrogens with zero attached hydrogens (tertiary/aromatic N) is 1. The Kier molecular flexibility index (Phi) is 3.46. The molecule has 1 N–H and O–H groups in total. The van der Waals surface area contributed by atoms with Crippen molar-refractivity contribution < 1.29 is 14.8 Å². The van der Waals surface area contributed by atoms with E-state index in [1.165, 1.54) is 12.1 Å². The number of hydrogen-bond donors (Lipinski definition) is 1. The average Bonchev–Trinajstić information content (AvgIpc) is 2.15. The average molecular weight is 230 g/mol. The number of carbonyl (C=O) groups is 1. The van der Waals surface area contributed by atoms with Gasteiger partial charge in [0.2, 0.25) is 0 Å². The smallest absolute Gasteiger partial charge is 0.293 e. The fraction of sp³-hybridized carbons (Fsp3) is 0.125. The molecule has 0 aliphatic rings. The summed E-state index contributed by atoms with van der Waals surface area (Å²) in [6, 6.07) is 3.90. The van der Waals surface area contributed by atoms with Crippen LogP contribution in [0.5, 0.6) is 0 Å². The van der Waals surface area contributed by atoms with Gasteiger partial charge >= 0.3 is 0 Å². The first-order valence-corrected chi connectivity index (χ1v) is 4.26. The lowest BCUT2D eigenvalue weighted by atomic mass is 10.2. The Morgan fingerprint density at radius 3 is 2.73 bits per heavy atom. The van der Waals surface area contributed by atoms with Gasteiger partial charge in [-0.25, -0.2) is 0 Å². The largest absolute Gasteiger partial charge is 0.548 e. The van der Waals surface area contributed by atoms with Crippen molar-refractivity contribution in [1.29, 1.82) is 0 Å². The zero-order valence-corrected chi connectivity index (χ0v) is 8.15. The predicted octanol–water partition coefficient (Wildman–Crippen LogP) is 0.410. The van der Waals surface area contributed by atoms with E-state index < -0.39 is 17.4 Å². The van der Waals surface area contributed by atoms with E-state index in [1.54, 1.807) is 0 Å². The maximum atomic E-state index is 10.6. The number of carboxylic acids is 1. The number of rotatable bonds is 4. The van der Waals surface area contributed by atoms with Crippen LogP contribution in [0.2, 0.25) is 5.02 Å². The topological polar surface area (TPSA) is 95.3 Å². The third kappa shape index (κ3) is 3.10. The van der Waals surface area contributed by atoms with E-state index in [0.717, 1.165) is 6.07 Å². The third-order valence-electron chi connectivity index (χ3n) is 1.58. The standard InChI is InChI=1S/C8H7ClN2O4/c9-5-1-2-6(10-4-8(12)13)7(3-5)11(14)15/h1-3,10H,4H2,(H,12,13)/p-1. The molecule has 80 valence electrons. The van der Waals surface area contributed by atoms with E-state index in [4.69, 9.17) is 11.6 Å². The molecule has 1 rings (SSSR count). The van der Waals surface area contributed by atoms with Gasteiger partial charge in [-0.3, -0.25) is 10.1 Å². The molecular formula is C8H6ClN2O4-. The van der Waals surface area contributed by atoms with Crippen molar-refractivity contribution in [2.75, 3.05) is 11.9 Å². The highest BCUT2D eigenvalue weighted by Crippen LogP contribution is 2.27. The fourth-order valence-corrected chi connectivity index (χ4v) is 1.14. The van der Waals surface area contributed by atoms with E-state index >= 15 is 0 Å². The zero-order valence-electron chi connectivity index (χ0n) is 7.40. The van der Waals surface area contributed by atoms with Crippen molar-refractivity contribution in [2.45, 2.75) is 0 Å². The second kappa shape index (κ2) is 4.61. The fourth-order valence-electron chi connectivity index (χ4n) is 0.973. The van der Waals surface area contributed by atoms with Crippen LogP contribution in [0.4, 0.5) is 11.4 Å². The first-order valence-electron chi connectivity index (χ1n) is 3.88. The lowest BCUT2D eigenvalue weighted by Crippen LogP contribution is -2.30. The number of nitro groups is 1. The molecule has 0 unspecified atom stereocenters. The summed E-state index contributed by atoms with van der Waals surface area (Å²) in [6.45, 7) is -0.498. The summed E-state index contributed by atoms with van der Waals surface area (Å²) in [5, 5.41) is 23.3. The highest BCUT2D eigenvalue weighted by Gasteiger charge is 2.13. The summed E-state index contributed by atoms with van der Waals surface area (Å²) in [6.07, 6.45) is 0. The molecule has 6 nitrogen and oxygen atoms in total. The van der Waals surface area contributed by atoms with Crippen LogP contribution in [-0.2, 0) is 4.79 Å². The van der Waals surface area contributed by atoms with Crippen molar-refractivity contribution in [3.63, 3.8) is 0 Å². The van der Waals surface area contributed by atoms with E-state index in [0.29, 0.717) is 0 Å². The van der Waals surface area contributed by atoms with Crippen molar-refractivity contribution in [3.8, 4) is 0 Å². The number of halogens is 1. The van der Waals surface area contributed by atoms with Crippen LogP contribution in [0.25, 0.3) is 0 Å². The third-order valence-corrected chi connectivity index (χ3v) is 1.81. The molecule has 0 aliphatic carbocycles. The molecule has 0 radical (unpaired) electrons. The number of carbonyl (C=O) groups excluding carboxylic acids is 1. The number of carboxylic acid groups (broad SMARTS) is 1. The molecule has 0 aromatic heterocycles. The molecule has 0 fully saturated rings. The van der Waals surface area contributed by atoms with E-state index in [-0.39, 0.29) is 16.4 Å². The van der Waals surface area contributed by atoms with Crippen molar-refractivity contribution >= 4 is 28.9 Å². The molecule has 7 heteroatoms. The minimum absolute atomic E-state index is 0.0913. The van der Waals surface area contributed by atoms with Crippen LogP contribution >= 0.6 is 11.6 Å². The van der Waals surface area contributed by atoms with Crippen molar-refractivity contribution in [3.05, 3.63) is 33.3 Å². The number of nitro benzene ring substituents is 1. The van der Waals surface area contributed by atoms with Gasteiger partial charge in [0.25, 0.3) is 5.69 Å². The van der Waals surface area contributed by atoms with Gasteiger partial charge in [-0.05, 0) is 12.1 Å². The Balaban J connectivity index is 2.95. The summed E-state index contributed by atoms with van der Waals surface area (Å²) in [5.74, 6) is -1.35. The lowest BCUT2D eigenvalue weighted by molar-refractivity contribution is -0.383. The highest BCUT2D eigenvalue weighted by atomic mass is 35.5. The van der Waals surface area contributed by atoms with Crippen molar-refractivity contribution in [1.82, 2.24) is 0 Å². The Bertz CT molecular complexity index is 408. The van der Waals surface area contributed by atoms with Gasteiger partial charge in [0.15, 0.2) is 0 Å². The Morgan fingerprint density at radius 1 is 1.53 bits per heavy atom. The molecule has 0 saturated carbocycles. The number of benzene rings is 1. The van der Waals surface area contributed by atoms with Crippen LogP contribution in [0.1, 0.15) is 0 Å². The summed E-state index contributed by atoms with van der Waals surface area (Å²) >= 11 is 5.56. The van der Waals surface area contributed by atoms with Crippen LogP contribution in [-0.4, -0.2) is 17.4 Å². The second-order valence-corrected chi connectivity index (χ2v) is 3.08. The van der Waals surface area contributed by atoms with Gasteiger partial charge in [0.05, 0.1) is 17.4 Å². The molecule has 1 aromatic carbocycles. The van der Waals surface area contributed by atoms with E-state index in [9.17, 15) is 20.0 Å². The molecule has 0 atom stereocenters. The molecule has 0 bridgehead atoms. The van der Waals surface area contributed by atoms with Crippen LogP contribution < -0.4 is 10.4 Å². The predicted molar refractivity (Wildman–Crippen MR) is 51.6 cm³/mol. The van der Waals surface area contributed by atoms with E-state index in [1.807, 2.05) is 0 Å². The molecule has 1 aromatic rings. The quantitative estimate of drug-likeness (QED) is 0.596. The summed E-state index contributed by atoms with van der Waals surface area (Å²) < 4.78 is 0. The zero-order chi connectivity index (χ0) is 11.4. The highest BCUT2D eigenvalue weighted by molar-refractivity contribution is 6.30. The summed E-state index contributed by atoms with van der Waals surface area (Å²) in [7, 11) is 0. The summed E-state index contributed by atoms with van der Waals surface area (Å²) in [5.41, 5.74) is -0.183. The molecule has 0 saturated heterocycles. The van der Waals surface area contributed by atoms with E-state index in [2.05, 4.69) is 5.32 Å². The maximum absolute atomic E-state index is 10.6. The Morgan fingerprint density at radius 2 is 2.20 bits per heavy atom. The normalized spacial score (nSPS) is 9.67. The summed E-state index contributed by atoms with van der Waals surface area (Å²) in [4.78, 5) is 20.1. The van der Waals surface area contributed by atoms with Crippen LogP contribution in [0.3, 0.4) is 0 Å². The first kappa shape index (κ1) is 11.3. The van der Waals surface area contributed by atoms with Gasteiger partial charge in [-0.15, -0.1) is 0 Å². The molecule has 0 aliphatic heterocycles. The van der Waals surface area contributed by atoms with Gasteiger partial charge < -0.3 is 15.2 Å². The monoisotopic (exact) mass is 229 g/mol. The number of aliphatic carboxylic acids is 1. The second-order valence-electron chi connectivity index (χ2n) is 2.64. The molecule has 15 heavy (non-hydrogen) atoms. The lowest BCUT2D eigenvalue weighted by Gasteiger charge is -2.07. The minimum atomic E-state index is -1.35. The minimum Gasteiger partial charge on any atom is -0.548 e. The molecular weight excluding hydrogens is 224 g/mol. The Hall–Kier alpha value is -1.82. The van der Waals surface area contributed by atoms with Gasteiger partial charge in [0.1, 0.15) is 5.69 Å². The molecule has 0 heterocycles. The van der Waals surface area contributed by atoms with Gasteiger partial charge in [-0.2, -0.15) is 0 Å². The van der Waals surface area contributed by atoms with Crippen LogP contribution in [0.15, 0.2) is 18.2 Å². The number of hydrogen-bond acceptors (Lipinski definition) is 5. The number of anilines is 1. The first-order chi connectivity index (χ1) is 7.00. The Labute approximate surface area is 89.6 Å². The SMILES string of the molecule is O=C([O-])CNc1ccc(Cl)cc1[N+](=O)[O-]. The number of nitrogens with one attached hydrogen (secondary N) is 1. The van der Waals surface area contributed by atoms with Crippen molar-refractivity contribution in [2.24, 2.45) is 0 Å². The van der Waals surface area contributed by atoms with Gasteiger partial charge in [0, 0.05) is 11.1 Å².